The summed E-state index contributed by atoms with van der Waals surface area (Å²) in [6.45, 7) is 2.10. The Morgan fingerprint density at radius 3 is 3.06 bits per heavy atom. The van der Waals surface area contributed by atoms with Crippen LogP contribution in [0.1, 0.15) is 32.6 Å². The molecule has 1 aromatic heterocycles. The minimum absolute atomic E-state index is 0.124. The van der Waals surface area contributed by atoms with Crippen molar-refractivity contribution in [1.82, 2.24) is 9.97 Å². The molecule has 1 fully saturated rings. The zero-order valence-corrected chi connectivity index (χ0v) is 9.71. The fourth-order valence-electron chi connectivity index (χ4n) is 2.58. The van der Waals surface area contributed by atoms with Gasteiger partial charge in [-0.25, -0.2) is 4.99 Å². The average Bonchev–Trinajstić information content (AvgIpc) is 2.25. The molecule has 2 heterocycles. The lowest BCUT2D eigenvalue weighted by atomic mass is 9.80. The number of aromatic nitrogens is 2. The molecule has 1 atom stereocenters. The molecule has 0 radical (unpaired) electrons. The van der Waals surface area contributed by atoms with E-state index < -0.39 is 0 Å². The van der Waals surface area contributed by atoms with Gasteiger partial charge in [0.25, 0.3) is 5.56 Å². The number of aliphatic imine (C=N–C) groups is 1. The molecule has 0 amide bonds. The van der Waals surface area contributed by atoms with Gasteiger partial charge < -0.3 is 11.1 Å². The molecule has 0 spiro atoms. The van der Waals surface area contributed by atoms with Gasteiger partial charge in [-0.3, -0.25) is 9.78 Å². The normalized spacial score (nSPS) is 26.5. The summed E-state index contributed by atoms with van der Waals surface area (Å²) >= 11 is 0. The summed E-state index contributed by atoms with van der Waals surface area (Å²) in [5, 5.41) is 3.32. The molecule has 90 valence electrons. The number of hydrogen-bond donors (Lipinski definition) is 3. The third-order valence-corrected chi connectivity index (χ3v) is 3.53. The highest BCUT2D eigenvalue weighted by Crippen LogP contribution is 2.36. The lowest BCUT2D eigenvalue weighted by Gasteiger charge is -2.39. The van der Waals surface area contributed by atoms with E-state index in [1.165, 1.54) is 0 Å². The van der Waals surface area contributed by atoms with Gasteiger partial charge in [-0.2, -0.15) is 4.98 Å². The number of anilines is 2. The predicted molar refractivity (Wildman–Crippen MR) is 66.9 cm³/mol. The predicted octanol–water partition coefficient (Wildman–Crippen LogP) is 1.18. The van der Waals surface area contributed by atoms with Crippen LogP contribution in [0.5, 0.6) is 0 Å². The van der Waals surface area contributed by atoms with E-state index in [2.05, 4.69) is 27.2 Å². The van der Waals surface area contributed by atoms with Crippen molar-refractivity contribution in [2.75, 3.05) is 11.1 Å². The van der Waals surface area contributed by atoms with Gasteiger partial charge in [0.05, 0.1) is 5.54 Å². The van der Waals surface area contributed by atoms with Crippen LogP contribution in [-0.2, 0) is 0 Å². The quantitative estimate of drug-likeness (QED) is 0.627. The van der Waals surface area contributed by atoms with Crippen molar-refractivity contribution in [3.05, 3.63) is 10.4 Å². The van der Waals surface area contributed by atoms with E-state index >= 15 is 0 Å². The monoisotopic (exact) mass is 233 g/mol. The van der Waals surface area contributed by atoms with Gasteiger partial charge in [0.15, 0.2) is 11.5 Å². The van der Waals surface area contributed by atoms with Crippen LogP contribution in [0.25, 0.3) is 0 Å². The molecule has 1 aliphatic carbocycles. The van der Waals surface area contributed by atoms with E-state index in [4.69, 9.17) is 5.73 Å². The van der Waals surface area contributed by atoms with Crippen molar-refractivity contribution in [3.8, 4) is 0 Å². The minimum atomic E-state index is -0.278. The van der Waals surface area contributed by atoms with Crippen LogP contribution in [0, 0.1) is 0 Å². The van der Waals surface area contributed by atoms with E-state index in [0.29, 0.717) is 11.5 Å². The third kappa shape index (κ3) is 1.51. The number of nitrogen functional groups attached to an aromatic ring is 1. The third-order valence-electron chi connectivity index (χ3n) is 3.53. The Morgan fingerprint density at radius 1 is 1.41 bits per heavy atom. The maximum atomic E-state index is 11.7. The largest absolute Gasteiger partial charge is 0.369 e. The molecule has 0 unspecified atom stereocenters. The van der Waals surface area contributed by atoms with Gasteiger partial charge in [-0.05, 0) is 26.2 Å². The Labute approximate surface area is 98.4 Å². The molecule has 0 bridgehead atoms. The average molecular weight is 233 g/mol. The van der Waals surface area contributed by atoms with Crippen LogP contribution in [0.2, 0.25) is 0 Å². The Morgan fingerprint density at radius 2 is 2.24 bits per heavy atom. The lowest BCUT2D eigenvalue weighted by molar-refractivity contribution is 0.511. The van der Waals surface area contributed by atoms with Crippen LogP contribution in [0.3, 0.4) is 0 Å². The Kier molecular flexibility index (Phi) is 2.01. The van der Waals surface area contributed by atoms with Gasteiger partial charge in [0, 0.05) is 5.71 Å². The first-order chi connectivity index (χ1) is 8.08. The Bertz CT molecular complexity index is 561. The number of aromatic amines is 1. The van der Waals surface area contributed by atoms with E-state index in [1.54, 1.807) is 0 Å². The second-order valence-corrected chi connectivity index (χ2v) is 4.87. The summed E-state index contributed by atoms with van der Waals surface area (Å²) in [7, 11) is 0. The molecule has 17 heavy (non-hydrogen) atoms. The van der Waals surface area contributed by atoms with Crippen molar-refractivity contribution >= 4 is 23.2 Å². The molecular formula is C11H15N5O. The summed E-state index contributed by atoms with van der Waals surface area (Å²) in [5.74, 6) is 0.624. The molecular weight excluding hydrogens is 218 g/mol. The number of fused-ring (bicyclic) bond motifs is 2. The van der Waals surface area contributed by atoms with Gasteiger partial charge in [-0.1, -0.05) is 6.42 Å². The molecule has 0 saturated heterocycles. The summed E-state index contributed by atoms with van der Waals surface area (Å²) in [6.07, 6.45) is 4.24. The number of hydrogen-bond acceptors (Lipinski definition) is 5. The van der Waals surface area contributed by atoms with Crippen molar-refractivity contribution < 1.29 is 0 Å². The first-order valence-electron chi connectivity index (χ1n) is 5.84. The summed E-state index contributed by atoms with van der Waals surface area (Å²) in [6, 6.07) is 0. The number of rotatable bonds is 0. The second kappa shape index (κ2) is 3.32. The van der Waals surface area contributed by atoms with Gasteiger partial charge in [0.2, 0.25) is 5.95 Å². The lowest BCUT2D eigenvalue weighted by Crippen LogP contribution is -2.48. The number of nitrogens with zero attached hydrogens (tertiary/aromatic N) is 2. The zero-order chi connectivity index (χ0) is 12.0. The molecule has 1 saturated carbocycles. The topological polar surface area (TPSA) is 96.2 Å². The van der Waals surface area contributed by atoms with Crippen molar-refractivity contribution in [2.24, 2.45) is 4.99 Å². The van der Waals surface area contributed by atoms with Gasteiger partial charge in [0.1, 0.15) is 0 Å². The Hall–Kier alpha value is -1.85. The fourth-order valence-corrected chi connectivity index (χ4v) is 2.58. The second-order valence-electron chi connectivity index (χ2n) is 4.87. The van der Waals surface area contributed by atoms with Gasteiger partial charge >= 0.3 is 0 Å². The van der Waals surface area contributed by atoms with Crippen molar-refractivity contribution in [1.29, 1.82) is 0 Å². The van der Waals surface area contributed by atoms with E-state index in [-0.39, 0.29) is 17.0 Å². The summed E-state index contributed by atoms with van der Waals surface area (Å²) in [5.41, 5.74) is 6.50. The van der Waals surface area contributed by atoms with Crippen LogP contribution >= 0.6 is 0 Å². The number of nitrogens with one attached hydrogen (secondary N) is 2. The van der Waals surface area contributed by atoms with Gasteiger partial charge in [-0.15, -0.1) is 0 Å². The summed E-state index contributed by atoms with van der Waals surface area (Å²) in [4.78, 5) is 22.8. The van der Waals surface area contributed by atoms with Crippen LogP contribution in [-0.4, -0.2) is 21.2 Å². The highest BCUT2D eigenvalue weighted by atomic mass is 16.1. The molecule has 4 N–H and O–H groups in total. The molecule has 2 aliphatic rings. The molecule has 1 aromatic rings. The molecule has 0 aromatic carbocycles. The van der Waals surface area contributed by atoms with Crippen molar-refractivity contribution in [3.63, 3.8) is 0 Å². The zero-order valence-electron chi connectivity index (χ0n) is 9.71. The standard InChI is InChI=1S/C11H15N5O/c1-11-5-3-2-4-6(11)13-7-8(16-11)14-10(12)15-9(7)17/h2-5H2,1H3,(H4,12,14,15,16,17)/t11-/m0/s1. The van der Waals surface area contributed by atoms with E-state index in [1.807, 2.05) is 0 Å². The van der Waals surface area contributed by atoms with Crippen molar-refractivity contribution in [2.45, 2.75) is 38.1 Å². The molecule has 6 nitrogen and oxygen atoms in total. The van der Waals surface area contributed by atoms with Crippen LogP contribution in [0.15, 0.2) is 9.79 Å². The first-order valence-corrected chi connectivity index (χ1v) is 5.84. The number of nitrogens with two attached hydrogens (primary N) is 1. The summed E-state index contributed by atoms with van der Waals surface area (Å²) < 4.78 is 0. The number of H-pyrrole nitrogens is 1. The van der Waals surface area contributed by atoms with Crippen LogP contribution in [0.4, 0.5) is 17.5 Å². The fraction of sp³-hybridized carbons (Fsp3) is 0.545. The maximum absolute atomic E-state index is 11.7. The molecule has 3 rings (SSSR count). The van der Waals surface area contributed by atoms with E-state index in [9.17, 15) is 4.79 Å². The Balaban J connectivity index is 2.18. The maximum Gasteiger partial charge on any atom is 0.280 e. The van der Waals surface area contributed by atoms with Crippen LogP contribution < -0.4 is 16.6 Å². The highest BCUT2D eigenvalue weighted by molar-refractivity contribution is 6.01. The SMILES string of the molecule is C[C@]12CCCCC1=Nc1c(nc(N)[nH]c1=O)N2. The molecule has 1 aliphatic heterocycles. The smallest absolute Gasteiger partial charge is 0.280 e. The van der Waals surface area contributed by atoms with E-state index in [0.717, 1.165) is 31.4 Å². The minimum Gasteiger partial charge on any atom is -0.369 e. The molecule has 6 heteroatoms. The first kappa shape index (κ1) is 10.3. The highest BCUT2D eigenvalue weighted by Gasteiger charge is 2.37.